The van der Waals surface area contributed by atoms with Crippen LogP contribution in [0.15, 0.2) is 12.3 Å². The summed E-state index contributed by atoms with van der Waals surface area (Å²) >= 11 is 0. The van der Waals surface area contributed by atoms with Gasteiger partial charge in [-0.25, -0.2) is 0 Å². The van der Waals surface area contributed by atoms with Crippen molar-refractivity contribution in [3.63, 3.8) is 0 Å². The topological polar surface area (TPSA) is 20.3 Å². The molecule has 146 valence electrons. The highest BCUT2D eigenvalue weighted by Gasteiger charge is 2.26. The molecule has 1 heterocycles. The number of unbranched alkanes of at least 4 members (excludes halogenated alkanes) is 13. The summed E-state index contributed by atoms with van der Waals surface area (Å²) in [6, 6.07) is 0. The molecule has 0 N–H and O–H groups in total. The van der Waals surface area contributed by atoms with Gasteiger partial charge < -0.3 is 4.90 Å². The fourth-order valence-corrected chi connectivity index (χ4v) is 3.60. The zero-order valence-corrected chi connectivity index (χ0v) is 17.3. The second-order valence-corrected chi connectivity index (χ2v) is 8.66. The normalized spacial score (nSPS) is 16.6. The zero-order valence-electron chi connectivity index (χ0n) is 17.3. The van der Waals surface area contributed by atoms with E-state index in [1.54, 1.807) is 0 Å². The second kappa shape index (κ2) is 13.4. The van der Waals surface area contributed by atoms with E-state index in [9.17, 15) is 4.79 Å². The lowest BCUT2D eigenvalue weighted by Gasteiger charge is -2.30. The van der Waals surface area contributed by atoms with Gasteiger partial charge in [-0.2, -0.15) is 0 Å². The summed E-state index contributed by atoms with van der Waals surface area (Å²) in [6.45, 7) is 7.45. The summed E-state index contributed by atoms with van der Waals surface area (Å²) in [5, 5.41) is 0. The average Bonchev–Trinajstić information content (AvgIpc) is 2.56. The maximum atomic E-state index is 12.0. The lowest BCUT2D eigenvalue weighted by molar-refractivity contribution is -0.131. The predicted molar refractivity (Wildman–Crippen MR) is 110 cm³/mol. The number of nitrogens with zero attached hydrogens (tertiary/aromatic N) is 1. The lowest BCUT2D eigenvalue weighted by atomic mass is 9.86. The van der Waals surface area contributed by atoms with Crippen molar-refractivity contribution in [2.75, 3.05) is 6.54 Å². The van der Waals surface area contributed by atoms with Gasteiger partial charge in [-0.1, -0.05) is 110 Å². The van der Waals surface area contributed by atoms with E-state index >= 15 is 0 Å². The van der Waals surface area contributed by atoms with E-state index in [1.807, 2.05) is 11.1 Å². The first kappa shape index (κ1) is 22.3. The third-order valence-corrected chi connectivity index (χ3v) is 5.39. The standard InChI is InChI=1S/C23H43NO/c1-4-5-6-7-8-9-10-11-12-13-14-15-16-17-19-24-20-18-23(2,3)21-22(24)25/h18,20H,4-17,19,21H2,1-3H3. The fraction of sp³-hybridized carbons (Fsp3) is 0.870. The molecule has 1 amide bonds. The average molecular weight is 350 g/mol. The van der Waals surface area contributed by atoms with Gasteiger partial charge in [0.05, 0.1) is 0 Å². The van der Waals surface area contributed by atoms with Crippen molar-refractivity contribution in [1.82, 2.24) is 4.90 Å². The molecule has 2 heteroatoms. The largest absolute Gasteiger partial charge is 0.319 e. The van der Waals surface area contributed by atoms with Crippen LogP contribution in [0.1, 0.15) is 117 Å². The minimum Gasteiger partial charge on any atom is -0.319 e. The van der Waals surface area contributed by atoms with E-state index < -0.39 is 0 Å². The van der Waals surface area contributed by atoms with Gasteiger partial charge in [-0.3, -0.25) is 4.79 Å². The molecule has 0 saturated carbocycles. The van der Waals surface area contributed by atoms with Gasteiger partial charge in [-0.15, -0.1) is 0 Å². The third kappa shape index (κ3) is 11.4. The Hall–Kier alpha value is -0.790. The van der Waals surface area contributed by atoms with Crippen molar-refractivity contribution in [3.05, 3.63) is 12.3 Å². The zero-order chi connectivity index (χ0) is 18.4. The summed E-state index contributed by atoms with van der Waals surface area (Å²) < 4.78 is 0. The molecule has 0 aromatic heterocycles. The summed E-state index contributed by atoms with van der Waals surface area (Å²) in [5.74, 6) is 0.294. The van der Waals surface area contributed by atoms with Crippen LogP contribution in [0.3, 0.4) is 0 Å². The van der Waals surface area contributed by atoms with Gasteiger partial charge in [0.25, 0.3) is 0 Å². The molecule has 2 nitrogen and oxygen atoms in total. The van der Waals surface area contributed by atoms with Crippen LogP contribution in [0.25, 0.3) is 0 Å². The summed E-state index contributed by atoms with van der Waals surface area (Å²) in [6.07, 6.45) is 24.2. The smallest absolute Gasteiger partial charge is 0.227 e. The van der Waals surface area contributed by atoms with E-state index in [4.69, 9.17) is 0 Å². The first-order valence-corrected chi connectivity index (χ1v) is 11.0. The molecule has 0 bridgehead atoms. The van der Waals surface area contributed by atoms with Crippen molar-refractivity contribution < 1.29 is 4.79 Å². The molecule has 1 aliphatic rings. The molecule has 1 rings (SSSR count). The molecule has 0 fully saturated rings. The van der Waals surface area contributed by atoms with Crippen LogP contribution in [0.4, 0.5) is 0 Å². The number of carbonyl (C=O) groups excluding carboxylic acids is 1. The molecule has 0 aromatic rings. The maximum absolute atomic E-state index is 12.0. The van der Waals surface area contributed by atoms with Crippen molar-refractivity contribution >= 4 is 5.91 Å². The number of allylic oxidation sites excluding steroid dienone is 1. The van der Waals surface area contributed by atoms with E-state index in [0.29, 0.717) is 12.3 Å². The van der Waals surface area contributed by atoms with Crippen LogP contribution >= 0.6 is 0 Å². The molecule has 0 aliphatic carbocycles. The molecule has 1 aliphatic heterocycles. The Kier molecular flexibility index (Phi) is 11.9. The summed E-state index contributed by atoms with van der Waals surface area (Å²) in [5.41, 5.74) is 0.0447. The van der Waals surface area contributed by atoms with E-state index in [1.165, 1.54) is 83.5 Å². The number of hydrogen-bond acceptors (Lipinski definition) is 1. The van der Waals surface area contributed by atoms with Gasteiger partial charge in [0.1, 0.15) is 0 Å². The molecule has 0 spiro atoms. The lowest BCUT2D eigenvalue weighted by Crippen LogP contribution is -2.34. The maximum Gasteiger partial charge on any atom is 0.227 e. The van der Waals surface area contributed by atoms with Crippen LogP contribution in [-0.4, -0.2) is 17.4 Å². The second-order valence-electron chi connectivity index (χ2n) is 8.66. The van der Waals surface area contributed by atoms with Crippen molar-refractivity contribution in [1.29, 1.82) is 0 Å². The Morgan fingerprint density at radius 1 is 0.800 bits per heavy atom. The minimum absolute atomic E-state index is 0.0447. The van der Waals surface area contributed by atoms with Gasteiger partial charge in [0.2, 0.25) is 5.91 Å². The van der Waals surface area contributed by atoms with Crippen molar-refractivity contribution in [3.8, 4) is 0 Å². The van der Waals surface area contributed by atoms with Crippen LogP contribution in [0, 0.1) is 5.41 Å². The van der Waals surface area contributed by atoms with Gasteiger partial charge in [0, 0.05) is 19.2 Å². The van der Waals surface area contributed by atoms with Gasteiger partial charge >= 0.3 is 0 Å². The van der Waals surface area contributed by atoms with Crippen molar-refractivity contribution in [2.24, 2.45) is 5.41 Å². The number of amides is 1. The first-order chi connectivity index (χ1) is 12.0. The van der Waals surface area contributed by atoms with Gasteiger partial charge in [-0.05, 0) is 11.8 Å². The summed E-state index contributed by atoms with van der Waals surface area (Å²) in [4.78, 5) is 14.0. The molecular weight excluding hydrogens is 306 g/mol. The van der Waals surface area contributed by atoms with E-state index in [-0.39, 0.29) is 5.41 Å². The number of carbonyl (C=O) groups is 1. The Balaban J connectivity index is 1.84. The summed E-state index contributed by atoms with van der Waals surface area (Å²) in [7, 11) is 0. The van der Waals surface area contributed by atoms with E-state index in [0.717, 1.165) is 13.0 Å². The molecule has 0 saturated heterocycles. The third-order valence-electron chi connectivity index (χ3n) is 5.39. The van der Waals surface area contributed by atoms with E-state index in [2.05, 4.69) is 26.8 Å². The SMILES string of the molecule is CCCCCCCCCCCCCCCCN1C=CC(C)(C)CC1=O. The predicted octanol–water partition coefficient (Wildman–Crippen LogP) is 7.24. The molecule has 0 radical (unpaired) electrons. The Bertz CT molecular complexity index is 372. The van der Waals surface area contributed by atoms with Crippen LogP contribution < -0.4 is 0 Å². The van der Waals surface area contributed by atoms with Crippen LogP contribution in [0.2, 0.25) is 0 Å². The van der Waals surface area contributed by atoms with Crippen molar-refractivity contribution in [2.45, 2.75) is 117 Å². The highest BCUT2D eigenvalue weighted by Crippen LogP contribution is 2.27. The van der Waals surface area contributed by atoms with Gasteiger partial charge in [0.15, 0.2) is 0 Å². The molecule has 25 heavy (non-hydrogen) atoms. The minimum atomic E-state index is 0.0447. The number of rotatable bonds is 15. The molecule has 0 atom stereocenters. The highest BCUT2D eigenvalue weighted by molar-refractivity contribution is 5.79. The quantitative estimate of drug-likeness (QED) is 0.285. The fourth-order valence-electron chi connectivity index (χ4n) is 3.60. The molecular formula is C23H43NO. The Morgan fingerprint density at radius 3 is 1.68 bits per heavy atom. The van der Waals surface area contributed by atoms with Crippen LogP contribution in [0.5, 0.6) is 0 Å². The first-order valence-electron chi connectivity index (χ1n) is 11.0. The molecule has 0 unspecified atom stereocenters. The number of hydrogen-bond donors (Lipinski definition) is 0. The monoisotopic (exact) mass is 349 g/mol. The Morgan fingerprint density at radius 2 is 1.24 bits per heavy atom. The van der Waals surface area contributed by atoms with Crippen LogP contribution in [-0.2, 0) is 4.79 Å². The Labute approximate surface area is 157 Å². The highest BCUT2D eigenvalue weighted by atomic mass is 16.2. The molecule has 0 aromatic carbocycles.